The quantitative estimate of drug-likeness (QED) is 0.0419. The van der Waals surface area contributed by atoms with Crippen LogP contribution in [-0.4, -0.2) is 5.84 Å². The summed E-state index contributed by atoms with van der Waals surface area (Å²) in [5, 5.41) is 0. The zero-order chi connectivity index (χ0) is 32.1. The van der Waals surface area contributed by atoms with Crippen molar-refractivity contribution in [1.82, 2.24) is 0 Å². The van der Waals surface area contributed by atoms with Crippen LogP contribution in [0.5, 0.6) is 0 Å². The predicted octanol–water partition coefficient (Wildman–Crippen LogP) is 10.4. The SMILES string of the molecule is NC(=Nc1ccccc1/C(=C(/C(=[C-]c1ccccc1)c1ccccc1)c1ccccc1)c1ccccc1)c1ccc(F)cc1.[Cl][Pd+]. The van der Waals surface area contributed by atoms with Gasteiger partial charge in [-0.25, -0.2) is 9.38 Å². The van der Waals surface area contributed by atoms with Crippen molar-refractivity contribution in [2.45, 2.75) is 0 Å². The third-order valence-electron chi connectivity index (χ3n) is 7.28. The zero-order valence-corrected chi connectivity index (χ0v) is 27.1. The average Bonchev–Trinajstić information content (AvgIpc) is 3.13. The molecule has 6 rings (SSSR count). The van der Waals surface area contributed by atoms with E-state index in [0.29, 0.717) is 17.1 Å². The Kier molecular flexibility index (Phi) is 11.6. The van der Waals surface area contributed by atoms with E-state index >= 15 is 0 Å². The molecule has 0 heterocycles. The van der Waals surface area contributed by atoms with Crippen LogP contribution in [0.4, 0.5) is 10.1 Å². The molecule has 0 unspecified atom stereocenters. The maximum absolute atomic E-state index is 13.7. The van der Waals surface area contributed by atoms with Gasteiger partial charge in [0.2, 0.25) is 0 Å². The van der Waals surface area contributed by atoms with E-state index in [1.54, 1.807) is 12.1 Å². The topological polar surface area (TPSA) is 38.4 Å². The normalized spacial score (nSPS) is 12.1. The van der Waals surface area contributed by atoms with Crippen LogP contribution in [0.15, 0.2) is 175 Å². The minimum absolute atomic E-state index is 0.306. The Bertz CT molecular complexity index is 1940. The molecule has 0 aliphatic carbocycles. The van der Waals surface area contributed by atoms with Crippen molar-refractivity contribution in [2.75, 3.05) is 0 Å². The molecule has 0 saturated carbocycles. The number of hydrogen-bond donors (Lipinski definition) is 1. The molecule has 6 aromatic carbocycles. The van der Waals surface area contributed by atoms with Crippen molar-refractivity contribution in [3.8, 4) is 0 Å². The number of benzene rings is 6. The molecule has 0 fully saturated rings. The average molecular weight is 712 g/mol. The summed E-state index contributed by atoms with van der Waals surface area (Å²) in [6, 6.07) is 55.4. The summed E-state index contributed by atoms with van der Waals surface area (Å²) in [5.41, 5.74) is 15.8. The molecule has 2 nitrogen and oxygen atoms in total. The summed E-state index contributed by atoms with van der Waals surface area (Å²) in [4.78, 5) is 4.91. The van der Waals surface area contributed by atoms with Gasteiger partial charge in [-0.3, -0.25) is 0 Å². The molecule has 0 atom stereocenters. The fraction of sp³-hybridized carbons (Fsp3) is 0. The molecule has 6 aromatic rings. The van der Waals surface area contributed by atoms with Crippen LogP contribution in [-0.2, 0) is 18.2 Å². The first-order chi connectivity index (χ1) is 22.7. The molecular formula is C41H30ClFN2Pd. The second kappa shape index (κ2) is 16.5. The third-order valence-corrected chi connectivity index (χ3v) is 7.28. The first-order valence-corrected chi connectivity index (χ1v) is 16.6. The molecular weight excluding hydrogens is 681 g/mol. The van der Waals surface area contributed by atoms with Crippen LogP contribution in [0.25, 0.3) is 16.7 Å². The Balaban J connectivity index is 0.00000204. The van der Waals surface area contributed by atoms with Crippen molar-refractivity contribution >= 4 is 37.8 Å². The van der Waals surface area contributed by atoms with Gasteiger partial charge in [0.15, 0.2) is 0 Å². The summed E-state index contributed by atoms with van der Waals surface area (Å²) in [6.45, 7) is 0. The summed E-state index contributed by atoms with van der Waals surface area (Å²) in [5.74, 6) is -0.0144. The molecule has 0 aliphatic heterocycles. The van der Waals surface area contributed by atoms with Gasteiger partial charge < -0.3 is 5.73 Å². The van der Waals surface area contributed by atoms with Crippen LogP contribution < -0.4 is 5.73 Å². The van der Waals surface area contributed by atoms with E-state index in [2.05, 4.69) is 113 Å². The number of allylic oxidation sites excluding steroid dienone is 2. The molecule has 228 valence electrons. The van der Waals surface area contributed by atoms with Crippen molar-refractivity contribution in [3.63, 3.8) is 0 Å². The van der Waals surface area contributed by atoms with Crippen molar-refractivity contribution < 1.29 is 22.6 Å². The van der Waals surface area contributed by atoms with Crippen LogP contribution in [0.1, 0.15) is 33.4 Å². The van der Waals surface area contributed by atoms with Crippen molar-refractivity contribution in [2.24, 2.45) is 10.7 Å². The van der Waals surface area contributed by atoms with E-state index in [9.17, 15) is 4.39 Å². The Morgan fingerprint density at radius 3 is 1.61 bits per heavy atom. The van der Waals surface area contributed by atoms with Crippen LogP contribution in [0.2, 0.25) is 0 Å². The molecule has 0 amide bonds. The molecule has 0 radical (unpaired) electrons. The number of nitrogens with zero attached hydrogens (tertiary/aromatic N) is 1. The van der Waals surface area contributed by atoms with E-state index in [-0.39, 0.29) is 5.82 Å². The fourth-order valence-corrected chi connectivity index (χ4v) is 5.20. The van der Waals surface area contributed by atoms with Gasteiger partial charge in [-0.05, 0) is 41.5 Å². The molecule has 5 heteroatoms. The molecule has 0 bridgehead atoms. The van der Waals surface area contributed by atoms with Gasteiger partial charge in [0.05, 0.1) is 5.69 Å². The predicted molar refractivity (Wildman–Crippen MR) is 187 cm³/mol. The Labute approximate surface area is 284 Å². The van der Waals surface area contributed by atoms with Gasteiger partial charge in [0.1, 0.15) is 11.7 Å². The van der Waals surface area contributed by atoms with Gasteiger partial charge in [0.25, 0.3) is 0 Å². The number of para-hydroxylation sites is 1. The summed E-state index contributed by atoms with van der Waals surface area (Å²) in [7, 11) is 4.49. The summed E-state index contributed by atoms with van der Waals surface area (Å²) < 4.78 is 13.7. The maximum atomic E-state index is 13.7. The standard InChI is InChI=1S/C41H30FN2.ClH.Pd/c42-35-27-25-34(26-28-35)41(43)44-38-24-14-13-23-36(38)39(32-19-9-3-10-20-32)40(33-21-11-4-12-22-33)37(31-17-7-2-8-18-31)29-30-15-5-1-6-16-30;;/h1-28H,(H2,43,44);1H;/q-1;;+2/p-1/b40-39+;;. The molecule has 0 saturated heterocycles. The van der Waals surface area contributed by atoms with Gasteiger partial charge in [-0.2, -0.15) is 0 Å². The number of amidine groups is 1. The number of aliphatic imine (C=N–C) groups is 1. The van der Waals surface area contributed by atoms with E-state index in [4.69, 9.17) is 10.7 Å². The monoisotopic (exact) mass is 710 g/mol. The molecule has 0 aliphatic rings. The Hall–Kier alpha value is -4.85. The van der Waals surface area contributed by atoms with Gasteiger partial charge >= 0.3 is 27.7 Å². The van der Waals surface area contributed by atoms with Crippen LogP contribution in [0.3, 0.4) is 0 Å². The Morgan fingerprint density at radius 1 is 0.543 bits per heavy atom. The van der Waals surface area contributed by atoms with E-state index < -0.39 is 0 Å². The van der Waals surface area contributed by atoms with Crippen molar-refractivity contribution in [3.05, 3.63) is 215 Å². The zero-order valence-electron chi connectivity index (χ0n) is 24.8. The summed E-state index contributed by atoms with van der Waals surface area (Å²) in [6.07, 6.45) is 3.77. The number of hydrogen-bond acceptors (Lipinski definition) is 1. The minimum atomic E-state index is -0.321. The van der Waals surface area contributed by atoms with E-state index in [0.717, 1.165) is 44.5 Å². The van der Waals surface area contributed by atoms with Gasteiger partial charge in [0, 0.05) is 11.1 Å². The fourth-order valence-electron chi connectivity index (χ4n) is 5.20. The van der Waals surface area contributed by atoms with Crippen LogP contribution in [0, 0.1) is 11.9 Å². The number of nitrogens with two attached hydrogens (primary N) is 1. The Morgan fingerprint density at radius 2 is 1.02 bits per heavy atom. The number of halogens is 2. The second-order valence-electron chi connectivity index (χ2n) is 10.2. The first kappa shape index (κ1) is 32.5. The van der Waals surface area contributed by atoms with Gasteiger partial charge in [-0.15, -0.1) is 29.3 Å². The van der Waals surface area contributed by atoms with Gasteiger partial charge in [-0.1, -0.05) is 144 Å². The number of rotatable bonds is 8. The van der Waals surface area contributed by atoms with E-state index in [1.165, 1.54) is 12.1 Å². The second-order valence-corrected chi connectivity index (χ2v) is 10.2. The molecule has 46 heavy (non-hydrogen) atoms. The molecule has 2 N–H and O–H groups in total. The molecule has 0 aromatic heterocycles. The first-order valence-electron chi connectivity index (χ1n) is 14.6. The van der Waals surface area contributed by atoms with Crippen molar-refractivity contribution in [1.29, 1.82) is 0 Å². The third kappa shape index (κ3) is 8.05. The van der Waals surface area contributed by atoms with Crippen LogP contribution >= 0.6 is 9.53 Å². The molecule has 0 spiro atoms. The van der Waals surface area contributed by atoms with E-state index in [1.807, 2.05) is 66.7 Å². The summed E-state index contributed by atoms with van der Waals surface area (Å²) >= 11 is 2.22.